The van der Waals surface area contributed by atoms with Gasteiger partial charge in [-0.15, -0.1) is 0 Å². The number of aromatic nitrogens is 4. The van der Waals surface area contributed by atoms with Gasteiger partial charge in [-0.05, 0) is 92.3 Å². The summed E-state index contributed by atoms with van der Waals surface area (Å²) in [6.45, 7) is 8.33. The number of rotatable bonds is 9. The van der Waals surface area contributed by atoms with Gasteiger partial charge in [-0.25, -0.2) is 9.37 Å². The molecule has 1 unspecified atom stereocenters. The van der Waals surface area contributed by atoms with Crippen LogP contribution in [0.1, 0.15) is 52.9 Å². The van der Waals surface area contributed by atoms with Gasteiger partial charge in [0, 0.05) is 54.5 Å². The van der Waals surface area contributed by atoms with Crippen LogP contribution < -0.4 is 16.0 Å². The summed E-state index contributed by atoms with van der Waals surface area (Å²) in [5, 5.41) is 17.1. The number of H-pyrrole nitrogens is 1. The van der Waals surface area contributed by atoms with Gasteiger partial charge in [0.2, 0.25) is 5.95 Å². The average molecular weight is 543 g/mol. The van der Waals surface area contributed by atoms with Crippen molar-refractivity contribution < 1.29 is 9.18 Å². The Balaban J connectivity index is 1.11. The zero-order valence-electron chi connectivity index (χ0n) is 23.0. The number of carbonyl (C=O) groups is 1. The normalized spacial score (nSPS) is 14.7. The Morgan fingerprint density at radius 2 is 1.82 bits per heavy atom. The lowest BCUT2D eigenvalue weighted by Crippen LogP contribution is -2.45. The fourth-order valence-electron chi connectivity index (χ4n) is 4.96. The molecule has 1 aliphatic rings. The Bertz CT molecular complexity index is 1450. The van der Waals surface area contributed by atoms with Crippen LogP contribution in [0.3, 0.4) is 0 Å². The van der Waals surface area contributed by atoms with E-state index in [1.165, 1.54) is 11.6 Å². The van der Waals surface area contributed by atoms with E-state index in [4.69, 9.17) is 0 Å². The van der Waals surface area contributed by atoms with Crippen molar-refractivity contribution in [2.24, 2.45) is 0 Å². The molecular weight excluding hydrogens is 507 g/mol. The number of carbonyl (C=O) groups excluding carboxylic acids is 1. The molecule has 1 atom stereocenters. The molecule has 0 bridgehead atoms. The highest BCUT2D eigenvalue weighted by atomic mass is 19.1. The molecule has 9 nitrogen and oxygen atoms in total. The maximum atomic E-state index is 13.6. The Morgan fingerprint density at radius 3 is 2.52 bits per heavy atom. The molecule has 4 aromatic rings. The number of hydrogen-bond acceptors (Lipinski definition) is 7. The van der Waals surface area contributed by atoms with Gasteiger partial charge < -0.3 is 20.9 Å². The first-order valence-electron chi connectivity index (χ1n) is 13.6. The smallest absolute Gasteiger partial charge is 0.253 e. The zero-order valence-corrected chi connectivity index (χ0v) is 23.0. The largest absolute Gasteiger partial charge is 0.340 e. The van der Waals surface area contributed by atoms with Gasteiger partial charge in [0.25, 0.3) is 5.91 Å². The lowest BCUT2D eigenvalue weighted by atomic mass is 9.99. The van der Waals surface area contributed by atoms with Gasteiger partial charge in [-0.1, -0.05) is 6.92 Å². The minimum Gasteiger partial charge on any atom is -0.340 e. The highest BCUT2D eigenvalue weighted by molar-refractivity contribution is 5.94. The standard InChI is InChI=1S/C30H35FN8O/c1-19-16-25(8-9-27(19)31)35-28-10-13-32-30(37-28)36-24-6-4-22(5-7-24)29(40)39-14-11-23(12-15-39)33-17-20(2)26-18-34-38-21(26)3/h4-10,13,16,18,20,23,33H,11-12,14-15,17H2,1-3H3,(H,34,38)(H2,32,35,36,37). The first-order chi connectivity index (χ1) is 19.4. The minimum atomic E-state index is -0.249. The van der Waals surface area contributed by atoms with E-state index in [0.717, 1.165) is 49.5 Å². The Labute approximate surface area is 233 Å². The van der Waals surface area contributed by atoms with Gasteiger partial charge in [-0.3, -0.25) is 9.89 Å². The predicted molar refractivity (Wildman–Crippen MR) is 155 cm³/mol. The summed E-state index contributed by atoms with van der Waals surface area (Å²) in [5.74, 6) is 1.17. The number of nitrogens with zero attached hydrogens (tertiary/aromatic N) is 4. The molecule has 3 heterocycles. The Morgan fingerprint density at radius 1 is 1.07 bits per heavy atom. The lowest BCUT2D eigenvalue weighted by Gasteiger charge is -2.33. The molecule has 0 spiro atoms. The van der Waals surface area contributed by atoms with Gasteiger partial charge >= 0.3 is 0 Å². The lowest BCUT2D eigenvalue weighted by molar-refractivity contribution is 0.0705. The van der Waals surface area contributed by atoms with E-state index in [-0.39, 0.29) is 11.7 Å². The highest BCUT2D eigenvalue weighted by Gasteiger charge is 2.24. The minimum absolute atomic E-state index is 0.0458. The monoisotopic (exact) mass is 542 g/mol. The maximum absolute atomic E-state index is 13.6. The predicted octanol–water partition coefficient (Wildman–Crippen LogP) is 5.44. The average Bonchev–Trinajstić information content (AvgIpc) is 3.40. The SMILES string of the molecule is Cc1cc(Nc2ccnc(Nc3ccc(C(=O)N4CCC(NCC(C)c5cn[nH]c5C)CC4)cc3)n2)ccc1F. The van der Waals surface area contributed by atoms with Gasteiger partial charge in [0.1, 0.15) is 11.6 Å². The molecular formula is C30H35FN8O. The third-order valence-electron chi connectivity index (χ3n) is 7.37. The summed E-state index contributed by atoms with van der Waals surface area (Å²) in [7, 11) is 0. The van der Waals surface area contributed by atoms with Crippen LogP contribution in [0.4, 0.5) is 27.5 Å². The summed E-state index contributed by atoms with van der Waals surface area (Å²) < 4.78 is 13.6. The van der Waals surface area contributed by atoms with Crippen molar-refractivity contribution in [3.05, 3.63) is 89.1 Å². The second kappa shape index (κ2) is 12.3. The number of halogens is 1. The number of nitrogens with one attached hydrogen (secondary N) is 4. The molecule has 1 saturated heterocycles. The van der Waals surface area contributed by atoms with Crippen LogP contribution in [0.5, 0.6) is 0 Å². The number of anilines is 4. The third-order valence-corrected chi connectivity index (χ3v) is 7.37. The third kappa shape index (κ3) is 6.63. The molecule has 0 aliphatic carbocycles. The van der Waals surface area contributed by atoms with Crippen LogP contribution >= 0.6 is 0 Å². The van der Waals surface area contributed by atoms with Crippen LogP contribution in [0.25, 0.3) is 0 Å². The fraction of sp³-hybridized carbons (Fsp3) is 0.333. The van der Waals surface area contributed by atoms with Crippen molar-refractivity contribution in [2.45, 2.75) is 45.6 Å². The number of hydrogen-bond donors (Lipinski definition) is 4. The van der Waals surface area contributed by atoms with Gasteiger partial charge in [0.05, 0.1) is 6.20 Å². The van der Waals surface area contributed by atoms with E-state index in [1.54, 1.807) is 31.3 Å². The van der Waals surface area contributed by atoms with Crippen molar-refractivity contribution in [3.63, 3.8) is 0 Å². The van der Waals surface area contributed by atoms with E-state index < -0.39 is 0 Å². The quantitative estimate of drug-likeness (QED) is 0.223. The van der Waals surface area contributed by atoms with Crippen molar-refractivity contribution in [1.82, 2.24) is 30.4 Å². The number of amides is 1. The first-order valence-corrected chi connectivity index (χ1v) is 13.6. The second-order valence-corrected chi connectivity index (χ2v) is 10.4. The van der Waals surface area contributed by atoms with Crippen molar-refractivity contribution in [1.29, 1.82) is 0 Å². The summed E-state index contributed by atoms with van der Waals surface area (Å²) in [6, 6.07) is 14.3. The van der Waals surface area contributed by atoms with E-state index in [9.17, 15) is 9.18 Å². The van der Waals surface area contributed by atoms with Gasteiger partial charge in [-0.2, -0.15) is 10.1 Å². The molecule has 2 aromatic carbocycles. The van der Waals surface area contributed by atoms with E-state index in [2.05, 4.69) is 43.0 Å². The van der Waals surface area contributed by atoms with Crippen LogP contribution in [-0.2, 0) is 0 Å². The summed E-state index contributed by atoms with van der Waals surface area (Å²) in [4.78, 5) is 23.8. The van der Waals surface area contributed by atoms with Crippen molar-refractivity contribution in [2.75, 3.05) is 30.3 Å². The first kappa shape index (κ1) is 27.3. The molecule has 208 valence electrons. The molecule has 4 N–H and O–H groups in total. The molecule has 0 radical (unpaired) electrons. The van der Waals surface area contributed by atoms with Crippen molar-refractivity contribution in [3.8, 4) is 0 Å². The fourth-order valence-corrected chi connectivity index (χ4v) is 4.96. The topological polar surface area (TPSA) is 111 Å². The van der Waals surface area contributed by atoms with Crippen LogP contribution in [-0.4, -0.2) is 56.6 Å². The van der Waals surface area contributed by atoms with E-state index >= 15 is 0 Å². The molecule has 1 amide bonds. The van der Waals surface area contributed by atoms with Crippen LogP contribution in [0.2, 0.25) is 0 Å². The van der Waals surface area contributed by atoms with E-state index in [1.807, 2.05) is 42.3 Å². The molecule has 0 saturated carbocycles. The number of aromatic amines is 1. The number of aryl methyl sites for hydroxylation is 2. The molecule has 10 heteroatoms. The summed E-state index contributed by atoms with van der Waals surface area (Å²) >= 11 is 0. The molecule has 1 fully saturated rings. The summed E-state index contributed by atoms with van der Waals surface area (Å²) in [5.41, 5.74) is 5.09. The number of benzene rings is 2. The van der Waals surface area contributed by atoms with Crippen LogP contribution in [0.15, 0.2) is 60.9 Å². The molecule has 2 aromatic heterocycles. The maximum Gasteiger partial charge on any atom is 0.253 e. The second-order valence-electron chi connectivity index (χ2n) is 10.4. The summed E-state index contributed by atoms with van der Waals surface area (Å²) in [6.07, 6.45) is 5.41. The number of piperidine rings is 1. The molecule has 1 aliphatic heterocycles. The van der Waals surface area contributed by atoms with Crippen molar-refractivity contribution >= 4 is 29.0 Å². The Hall–Kier alpha value is -4.31. The number of likely N-dealkylation sites (tertiary alicyclic amines) is 1. The van der Waals surface area contributed by atoms with Gasteiger partial charge in [0.15, 0.2) is 0 Å². The van der Waals surface area contributed by atoms with Crippen LogP contribution in [0, 0.1) is 19.7 Å². The molecule has 5 rings (SSSR count). The molecule has 40 heavy (non-hydrogen) atoms. The highest BCUT2D eigenvalue weighted by Crippen LogP contribution is 2.22. The Kier molecular flexibility index (Phi) is 8.35. The zero-order chi connectivity index (χ0) is 28.1. The van der Waals surface area contributed by atoms with E-state index in [0.29, 0.717) is 34.9 Å².